The van der Waals surface area contributed by atoms with Gasteiger partial charge in [-0.1, -0.05) is 49.4 Å². The second kappa shape index (κ2) is 11.8. The van der Waals surface area contributed by atoms with Gasteiger partial charge in [0.1, 0.15) is 5.69 Å². The lowest BCUT2D eigenvalue weighted by Crippen LogP contribution is -2.44. The maximum Gasteiger partial charge on any atom is 0.393 e. The molecule has 196 valence electrons. The molecule has 0 spiro atoms. The van der Waals surface area contributed by atoms with E-state index in [0.29, 0.717) is 42.1 Å². The molecule has 0 bridgehead atoms. The molecule has 2 heterocycles. The Balaban J connectivity index is 1.39. The molecule has 0 atom stereocenters. The quantitative estimate of drug-likeness (QED) is 0.368. The Bertz CT molecular complexity index is 1220. The van der Waals surface area contributed by atoms with Crippen LogP contribution in [-0.2, 0) is 6.42 Å². The van der Waals surface area contributed by atoms with Crippen LogP contribution in [-0.4, -0.2) is 47.6 Å². The van der Waals surface area contributed by atoms with Crippen LogP contribution in [0.5, 0.6) is 0 Å². The van der Waals surface area contributed by atoms with Gasteiger partial charge in [-0.2, -0.15) is 13.2 Å². The summed E-state index contributed by atoms with van der Waals surface area (Å²) >= 11 is 1.44. The highest BCUT2D eigenvalue weighted by molar-refractivity contribution is 7.10. The van der Waals surface area contributed by atoms with Gasteiger partial charge in [0.2, 0.25) is 0 Å². The molecule has 37 heavy (non-hydrogen) atoms. The number of carbonyl (C=O) groups excluding carboxylic acids is 2. The van der Waals surface area contributed by atoms with E-state index in [1.807, 2.05) is 24.0 Å². The molecule has 6 nitrogen and oxygen atoms in total. The van der Waals surface area contributed by atoms with Gasteiger partial charge in [0.15, 0.2) is 0 Å². The Labute approximate surface area is 217 Å². The van der Waals surface area contributed by atoms with Crippen molar-refractivity contribution < 1.29 is 22.8 Å². The second-order valence-electron chi connectivity index (χ2n) is 9.05. The maximum atomic E-state index is 13.0. The van der Waals surface area contributed by atoms with Crippen LogP contribution in [0, 0.1) is 0 Å². The van der Waals surface area contributed by atoms with Crippen LogP contribution in [0.2, 0.25) is 0 Å². The maximum absolute atomic E-state index is 13.0. The van der Waals surface area contributed by atoms with Crippen LogP contribution in [0.3, 0.4) is 0 Å². The Hall–Kier alpha value is -3.40. The minimum absolute atomic E-state index is 0.0341. The van der Waals surface area contributed by atoms with E-state index in [4.69, 9.17) is 0 Å². The van der Waals surface area contributed by atoms with Gasteiger partial charge in [0.25, 0.3) is 5.91 Å². The molecule has 0 aliphatic carbocycles. The van der Waals surface area contributed by atoms with Gasteiger partial charge < -0.3 is 15.5 Å². The van der Waals surface area contributed by atoms with Crippen molar-refractivity contribution in [3.63, 3.8) is 0 Å². The van der Waals surface area contributed by atoms with Crippen molar-refractivity contribution >= 4 is 29.0 Å². The van der Waals surface area contributed by atoms with E-state index in [1.54, 1.807) is 29.6 Å². The highest BCUT2D eigenvalue weighted by atomic mass is 32.1. The summed E-state index contributed by atoms with van der Waals surface area (Å²) in [5.41, 5.74) is 2.46. The summed E-state index contributed by atoms with van der Waals surface area (Å²) in [4.78, 5) is 31.6. The molecule has 1 aromatic heterocycles. The number of hydrogen-bond acceptors (Lipinski definition) is 4. The molecular weight excluding hydrogens is 501 g/mol. The number of anilines is 1. The topological polar surface area (TPSA) is 74.3 Å². The summed E-state index contributed by atoms with van der Waals surface area (Å²) in [6.07, 6.45) is -2.77. The van der Waals surface area contributed by atoms with Gasteiger partial charge in [-0.05, 0) is 36.5 Å². The number of nitrogens with one attached hydrogen (secondary N) is 2. The third-order valence-electron chi connectivity index (χ3n) is 6.26. The van der Waals surface area contributed by atoms with Crippen molar-refractivity contribution in [2.45, 2.75) is 44.7 Å². The van der Waals surface area contributed by atoms with Crippen molar-refractivity contribution in [2.75, 3.05) is 25.0 Å². The number of nitrogens with zero attached hydrogens (tertiary/aromatic N) is 2. The van der Waals surface area contributed by atoms with Gasteiger partial charge in [-0.15, -0.1) is 11.3 Å². The average Bonchev–Trinajstić information content (AvgIpc) is 3.38. The van der Waals surface area contributed by atoms with Gasteiger partial charge in [0.05, 0.1) is 11.4 Å². The summed E-state index contributed by atoms with van der Waals surface area (Å²) in [6, 6.07) is 13.3. The largest absolute Gasteiger partial charge is 0.393 e. The van der Waals surface area contributed by atoms with E-state index >= 15 is 0 Å². The third-order valence-corrected chi connectivity index (χ3v) is 7.26. The monoisotopic (exact) mass is 530 g/mol. The first-order valence-corrected chi connectivity index (χ1v) is 13.2. The lowest BCUT2D eigenvalue weighted by Gasteiger charge is -2.31. The lowest BCUT2D eigenvalue weighted by atomic mass is 9.98. The number of urea groups is 1. The normalized spacial score (nSPS) is 14.4. The van der Waals surface area contributed by atoms with E-state index in [1.165, 1.54) is 23.5 Å². The molecule has 4 rings (SSSR count). The van der Waals surface area contributed by atoms with E-state index in [-0.39, 0.29) is 23.4 Å². The fourth-order valence-electron chi connectivity index (χ4n) is 4.32. The molecule has 0 unspecified atom stereocenters. The molecule has 0 saturated carbocycles. The Morgan fingerprint density at radius 1 is 1.08 bits per heavy atom. The summed E-state index contributed by atoms with van der Waals surface area (Å²) in [5.74, 6) is -0.149. The van der Waals surface area contributed by atoms with E-state index in [2.05, 4.69) is 15.6 Å². The zero-order valence-corrected chi connectivity index (χ0v) is 21.3. The van der Waals surface area contributed by atoms with Gasteiger partial charge >= 0.3 is 12.2 Å². The van der Waals surface area contributed by atoms with Crippen molar-refractivity contribution in [2.24, 2.45) is 0 Å². The zero-order chi connectivity index (χ0) is 26.4. The first-order chi connectivity index (χ1) is 17.7. The first kappa shape index (κ1) is 26.7. The molecule has 3 amide bonds. The third kappa shape index (κ3) is 7.09. The fraction of sp³-hybridized carbons (Fsp3) is 0.370. The van der Waals surface area contributed by atoms with Crippen molar-refractivity contribution in [3.8, 4) is 11.1 Å². The van der Waals surface area contributed by atoms with Gasteiger partial charge in [-0.25, -0.2) is 9.78 Å². The summed E-state index contributed by atoms with van der Waals surface area (Å²) in [6.45, 7) is 3.98. The summed E-state index contributed by atoms with van der Waals surface area (Å²) < 4.78 is 38.0. The molecule has 1 aliphatic heterocycles. The van der Waals surface area contributed by atoms with Crippen LogP contribution >= 0.6 is 11.3 Å². The van der Waals surface area contributed by atoms with E-state index in [9.17, 15) is 22.8 Å². The number of aromatic nitrogens is 1. The number of para-hydroxylation sites is 1. The van der Waals surface area contributed by atoms with Crippen LogP contribution in [0.15, 0.2) is 53.9 Å². The summed E-state index contributed by atoms with van der Waals surface area (Å²) in [5, 5.41) is 8.42. The number of piperidine rings is 1. The molecule has 0 radical (unpaired) electrons. The standard InChI is InChI=1S/C27H29F3N4O2S/c1-2-13-31-26(36)34-14-11-20(12-15-34)25-33-23(17-37-25)24(35)32-22-6-4-3-5-21(22)19-9-7-18(8-10-19)16-27(28,29)30/h3-10,17,20H,2,11-16H2,1H3,(H,31,36)(H,32,35). The highest BCUT2D eigenvalue weighted by Crippen LogP contribution is 2.32. The molecule has 1 fully saturated rings. The summed E-state index contributed by atoms with van der Waals surface area (Å²) in [7, 11) is 0. The van der Waals surface area contributed by atoms with Crippen molar-refractivity contribution in [1.82, 2.24) is 15.2 Å². The zero-order valence-electron chi connectivity index (χ0n) is 20.5. The fourth-order valence-corrected chi connectivity index (χ4v) is 5.29. The lowest BCUT2D eigenvalue weighted by molar-refractivity contribution is -0.127. The number of alkyl halides is 3. The number of halogens is 3. The smallest absolute Gasteiger partial charge is 0.338 e. The van der Waals surface area contributed by atoms with Crippen molar-refractivity contribution in [1.29, 1.82) is 0 Å². The van der Waals surface area contributed by atoms with E-state index < -0.39 is 12.6 Å². The minimum Gasteiger partial charge on any atom is -0.338 e. The number of benzene rings is 2. The molecular formula is C27H29F3N4O2S. The van der Waals surface area contributed by atoms with Gasteiger partial charge in [0, 0.05) is 42.2 Å². The van der Waals surface area contributed by atoms with Crippen LogP contribution in [0.25, 0.3) is 11.1 Å². The molecule has 3 aromatic rings. The minimum atomic E-state index is -4.26. The number of amides is 3. The van der Waals surface area contributed by atoms with E-state index in [0.717, 1.165) is 24.3 Å². The Morgan fingerprint density at radius 2 is 1.78 bits per heavy atom. The predicted octanol–water partition coefficient (Wildman–Crippen LogP) is 6.47. The van der Waals surface area contributed by atoms with Crippen LogP contribution in [0.4, 0.5) is 23.7 Å². The number of likely N-dealkylation sites (tertiary alicyclic amines) is 1. The molecule has 1 saturated heterocycles. The average molecular weight is 531 g/mol. The molecule has 2 aromatic carbocycles. The SMILES string of the molecule is CCCNC(=O)N1CCC(c2nc(C(=O)Nc3ccccc3-c3ccc(CC(F)(F)F)cc3)cs2)CC1. The predicted molar refractivity (Wildman–Crippen MR) is 139 cm³/mol. The number of carbonyl (C=O) groups is 2. The Morgan fingerprint density at radius 3 is 2.46 bits per heavy atom. The van der Waals surface area contributed by atoms with Crippen LogP contribution < -0.4 is 10.6 Å². The Kier molecular flexibility index (Phi) is 8.48. The van der Waals surface area contributed by atoms with Gasteiger partial charge in [-0.3, -0.25) is 4.79 Å². The molecule has 1 aliphatic rings. The van der Waals surface area contributed by atoms with Crippen LogP contribution in [0.1, 0.15) is 53.2 Å². The molecule has 10 heteroatoms. The highest BCUT2D eigenvalue weighted by Gasteiger charge is 2.28. The number of hydrogen-bond donors (Lipinski definition) is 2. The molecule has 2 N–H and O–H groups in total. The number of thiazole rings is 1. The second-order valence-corrected chi connectivity index (χ2v) is 9.94. The van der Waals surface area contributed by atoms with Crippen molar-refractivity contribution in [3.05, 3.63) is 70.2 Å². The number of rotatable bonds is 7. The first-order valence-electron chi connectivity index (χ1n) is 12.3.